The van der Waals surface area contributed by atoms with Gasteiger partial charge in [0.25, 0.3) is 0 Å². The number of aromatic amines is 1. The van der Waals surface area contributed by atoms with Crippen molar-refractivity contribution < 1.29 is 4.79 Å². The Morgan fingerprint density at radius 2 is 2.04 bits per heavy atom. The van der Waals surface area contributed by atoms with E-state index in [0.29, 0.717) is 5.92 Å². The summed E-state index contributed by atoms with van der Waals surface area (Å²) in [7, 11) is 0. The Bertz CT molecular complexity index is 647. The van der Waals surface area contributed by atoms with Crippen molar-refractivity contribution in [2.45, 2.75) is 44.6 Å². The number of rotatable bonds is 4. The Hall–Kier alpha value is -1.52. The van der Waals surface area contributed by atoms with E-state index in [1.807, 2.05) is 4.90 Å². The van der Waals surface area contributed by atoms with E-state index in [9.17, 15) is 4.79 Å². The minimum Gasteiger partial charge on any atom is -0.361 e. The molecular formula is C18H26ClN3O. The summed E-state index contributed by atoms with van der Waals surface area (Å²) in [6.07, 6.45) is 5.91. The number of H-pyrrole nitrogens is 1. The second-order valence-electron chi connectivity index (χ2n) is 6.28. The van der Waals surface area contributed by atoms with E-state index in [-0.39, 0.29) is 24.4 Å². The van der Waals surface area contributed by atoms with Crippen molar-refractivity contribution >= 4 is 29.2 Å². The van der Waals surface area contributed by atoms with E-state index >= 15 is 0 Å². The molecule has 1 amide bonds. The van der Waals surface area contributed by atoms with Crippen LogP contribution in [0.2, 0.25) is 0 Å². The molecule has 3 rings (SSSR count). The van der Waals surface area contributed by atoms with Crippen LogP contribution in [0.1, 0.15) is 44.1 Å². The van der Waals surface area contributed by atoms with Crippen molar-refractivity contribution in [3.8, 4) is 0 Å². The molecule has 4 nitrogen and oxygen atoms in total. The zero-order valence-electron chi connectivity index (χ0n) is 13.6. The number of fused-ring (bicyclic) bond motifs is 1. The second kappa shape index (κ2) is 7.84. The van der Waals surface area contributed by atoms with Gasteiger partial charge in [0.2, 0.25) is 5.91 Å². The highest BCUT2D eigenvalue weighted by molar-refractivity contribution is 5.85. The van der Waals surface area contributed by atoms with Crippen LogP contribution in [0.4, 0.5) is 0 Å². The number of aromatic nitrogens is 1. The van der Waals surface area contributed by atoms with Crippen molar-refractivity contribution in [3.05, 3.63) is 36.0 Å². The first-order chi connectivity index (χ1) is 10.7. The van der Waals surface area contributed by atoms with E-state index in [2.05, 4.69) is 42.4 Å². The molecule has 1 aliphatic heterocycles. The van der Waals surface area contributed by atoms with Gasteiger partial charge >= 0.3 is 0 Å². The number of hydrogen-bond acceptors (Lipinski definition) is 2. The molecule has 0 aliphatic carbocycles. The van der Waals surface area contributed by atoms with Gasteiger partial charge in [-0.15, -0.1) is 12.4 Å². The van der Waals surface area contributed by atoms with Gasteiger partial charge in [-0.2, -0.15) is 0 Å². The number of nitrogens with one attached hydrogen (secondary N) is 1. The molecule has 1 unspecified atom stereocenters. The van der Waals surface area contributed by atoms with E-state index in [0.717, 1.165) is 38.8 Å². The molecule has 0 saturated carbocycles. The smallest absolute Gasteiger partial charge is 0.239 e. The fourth-order valence-electron chi connectivity index (χ4n) is 3.51. The van der Waals surface area contributed by atoms with Crippen LogP contribution in [0.25, 0.3) is 10.9 Å². The van der Waals surface area contributed by atoms with Gasteiger partial charge in [0, 0.05) is 30.2 Å². The maximum Gasteiger partial charge on any atom is 0.239 e. The molecule has 23 heavy (non-hydrogen) atoms. The van der Waals surface area contributed by atoms with Crippen LogP contribution in [0, 0.1) is 0 Å². The average molecular weight is 336 g/mol. The summed E-state index contributed by atoms with van der Waals surface area (Å²) in [4.78, 5) is 17.6. The topological polar surface area (TPSA) is 62.1 Å². The highest BCUT2D eigenvalue weighted by atomic mass is 35.5. The molecule has 1 aromatic carbocycles. The van der Waals surface area contributed by atoms with Gasteiger partial charge in [-0.25, -0.2) is 0 Å². The fourth-order valence-corrected chi connectivity index (χ4v) is 3.51. The van der Waals surface area contributed by atoms with Gasteiger partial charge in [0.1, 0.15) is 0 Å². The maximum absolute atomic E-state index is 12.3. The van der Waals surface area contributed by atoms with Crippen molar-refractivity contribution in [2.24, 2.45) is 5.73 Å². The average Bonchev–Trinajstić information content (AvgIpc) is 2.98. The van der Waals surface area contributed by atoms with Gasteiger partial charge in [-0.1, -0.05) is 31.5 Å². The first-order valence-corrected chi connectivity index (χ1v) is 8.31. The lowest BCUT2D eigenvalue weighted by atomic mass is 9.89. The summed E-state index contributed by atoms with van der Waals surface area (Å²) in [6, 6.07) is 8.10. The van der Waals surface area contributed by atoms with Crippen LogP contribution in [-0.2, 0) is 4.79 Å². The molecule has 1 saturated heterocycles. The Morgan fingerprint density at radius 1 is 1.35 bits per heavy atom. The second-order valence-corrected chi connectivity index (χ2v) is 6.28. The van der Waals surface area contributed by atoms with E-state index in [4.69, 9.17) is 5.73 Å². The number of para-hydroxylation sites is 1. The number of nitrogens with zero attached hydrogens (tertiary/aromatic N) is 1. The standard InChI is InChI=1S/C18H25N3O.ClH/c1-2-5-16(19)18(22)21-10-8-13(9-11-21)15-12-20-17-7-4-3-6-14(15)17;/h3-4,6-7,12-13,16,20H,2,5,8-11,19H2,1H3;1H. The quantitative estimate of drug-likeness (QED) is 0.899. The van der Waals surface area contributed by atoms with Crippen LogP contribution < -0.4 is 5.73 Å². The normalized spacial score (nSPS) is 17.0. The molecule has 2 aromatic rings. The van der Waals surface area contributed by atoms with Crippen molar-refractivity contribution in [2.75, 3.05) is 13.1 Å². The molecule has 1 aliphatic rings. The van der Waals surface area contributed by atoms with E-state index in [1.54, 1.807) is 0 Å². The molecular weight excluding hydrogens is 310 g/mol. The SMILES string of the molecule is CCCC(N)C(=O)N1CCC(c2c[nH]c3ccccc23)CC1.Cl. The van der Waals surface area contributed by atoms with E-state index in [1.165, 1.54) is 16.5 Å². The summed E-state index contributed by atoms with van der Waals surface area (Å²) in [5.41, 5.74) is 8.55. The molecule has 1 fully saturated rings. The third-order valence-electron chi connectivity index (χ3n) is 4.78. The minimum atomic E-state index is -0.324. The number of halogens is 1. The molecule has 2 heterocycles. The van der Waals surface area contributed by atoms with Gasteiger partial charge in [-0.3, -0.25) is 4.79 Å². The van der Waals surface area contributed by atoms with E-state index < -0.39 is 0 Å². The summed E-state index contributed by atoms with van der Waals surface area (Å²) in [5.74, 6) is 0.654. The number of carbonyl (C=O) groups is 1. The highest BCUT2D eigenvalue weighted by Crippen LogP contribution is 2.33. The van der Waals surface area contributed by atoms with Crippen LogP contribution in [0.5, 0.6) is 0 Å². The molecule has 126 valence electrons. The van der Waals surface area contributed by atoms with Crippen LogP contribution in [-0.4, -0.2) is 34.9 Å². The van der Waals surface area contributed by atoms with Crippen molar-refractivity contribution in [3.63, 3.8) is 0 Å². The van der Waals surface area contributed by atoms with Gasteiger partial charge in [0.15, 0.2) is 0 Å². The third-order valence-corrected chi connectivity index (χ3v) is 4.78. The number of carbonyl (C=O) groups excluding carboxylic acids is 1. The molecule has 3 N–H and O–H groups in total. The number of nitrogens with two attached hydrogens (primary N) is 1. The summed E-state index contributed by atoms with van der Waals surface area (Å²) >= 11 is 0. The summed E-state index contributed by atoms with van der Waals surface area (Å²) in [6.45, 7) is 3.71. The zero-order valence-corrected chi connectivity index (χ0v) is 14.4. The third kappa shape index (κ3) is 3.70. The number of amides is 1. The summed E-state index contributed by atoms with van der Waals surface area (Å²) < 4.78 is 0. The molecule has 1 aromatic heterocycles. The van der Waals surface area contributed by atoms with Gasteiger partial charge in [-0.05, 0) is 36.8 Å². The fraction of sp³-hybridized carbons (Fsp3) is 0.500. The monoisotopic (exact) mass is 335 g/mol. The van der Waals surface area contributed by atoms with Crippen molar-refractivity contribution in [1.29, 1.82) is 0 Å². The zero-order chi connectivity index (χ0) is 15.5. The minimum absolute atomic E-state index is 0. The lowest BCUT2D eigenvalue weighted by molar-refractivity contribution is -0.133. The summed E-state index contributed by atoms with van der Waals surface area (Å²) in [5, 5.41) is 1.31. The Kier molecular flexibility index (Phi) is 6.08. The van der Waals surface area contributed by atoms with Crippen LogP contribution >= 0.6 is 12.4 Å². The Balaban J connectivity index is 0.00000192. The number of hydrogen-bond donors (Lipinski definition) is 2. The molecule has 1 atom stereocenters. The molecule has 0 bridgehead atoms. The van der Waals surface area contributed by atoms with Crippen molar-refractivity contribution in [1.82, 2.24) is 9.88 Å². The lowest BCUT2D eigenvalue weighted by Gasteiger charge is -2.33. The molecule has 5 heteroatoms. The predicted octanol–water partition coefficient (Wildman–Crippen LogP) is 3.42. The Morgan fingerprint density at radius 3 is 2.74 bits per heavy atom. The highest BCUT2D eigenvalue weighted by Gasteiger charge is 2.27. The first-order valence-electron chi connectivity index (χ1n) is 8.31. The number of likely N-dealkylation sites (tertiary alicyclic amines) is 1. The van der Waals surface area contributed by atoms with Gasteiger partial charge < -0.3 is 15.6 Å². The Labute approximate surface area is 143 Å². The number of benzene rings is 1. The van der Waals surface area contributed by atoms with Crippen LogP contribution in [0.15, 0.2) is 30.5 Å². The first kappa shape index (κ1) is 17.8. The predicted molar refractivity (Wildman–Crippen MR) is 97.0 cm³/mol. The molecule has 0 spiro atoms. The van der Waals surface area contributed by atoms with Gasteiger partial charge in [0.05, 0.1) is 6.04 Å². The maximum atomic E-state index is 12.3. The molecule has 0 radical (unpaired) electrons. The largest absolute Gasteiger partial charge is 0.361 e. The number of piperidine rings is 1. The lowest BCUT2D eigenvalue weighted by Crippen LogP contribution is -2.46. The van der Waals surface area contributed by atoms with Crippen LogP contribution in [0.3, 0.4) is 0 Å².